The van der Waals surface area contributed by atoms with Crippen molar-refractivity contribution in [2.45, 2.75) is 51.1 Å². The van der Waals surface area contributed by atoms with E-state index in [0.29, 0.717) is 11.5 Å². The van der Waals surface area contributed by atoms with Crippen molar-refractivity contribution in [3.05, 3.63) is 64.8 Å². The van der Waals surface area contributed by atoms with E-state index in [1.807, 2.05) is 0 Å². The molecule has 1 N–H and O–H groups in total. The summed E-state index contributed by atoms with van der Waals surface area (Å²) >= 11 is 1.03. The van der Waals surface area contributed by atoms with E-state index in [9.17, 15) is 14.0 Å². The first kappa shape index (κ1) is 21.2. The summed E-state index contributed by atoms with van der Waals surface area (Å²) in [5, 5.41) is 8.43. The van der Waals surface area contributed by atoms with Crippen LogP contribution in [-0.2, 0) is 4.79 Å². The molecule has 2 amide bonds. The molecule has 1 aromatic carbocycles. The quantitative estimate of drug-likeness (QED) is 0.611. The normalized spacial score (nSPS) is 15.4. The van der Waals surface area contributed by atoms with Crippen LogP contribution < -0.4 is 10.2 Å². The number of nitrogens with one attached hydrogen (secondary N) is 1. The largest absolute Gasteiger partial charge is 0.464 e. The first-order valence-corrected chi connectivity index (χ1v) is 11.1. The Labute approximate surface area is 183 Å². The number of anilines is 1. The summed E-state index contributed by atoms with van der Waals surface area (Å²) in [4.78, 5) is 28.2. The molecule has 0 aliphatic heterocycles. The zero-order chi connectivity index (χ0) is 21.8. The molecule has 2 heterocycles. The minimum atomic E-state index is -1.12. The monoisotopic (exact) mass is 442 g/mol. The topological polar surface area (TPSA) is 88.3 Å². The molecule has 0 bridgehead atoms. The second kappa shape index (κ2) is 9.38. The highest BCUT2D eigenvalue weighted by molar-refractivity contribution is 7.03. The molecule has 0 unspecified atom stereocenters. The van der Waals surface area contributed by atoms with Gasteiger partial charge in [0.05, 0.1) is 0 Å². The highest BCUT2D eigenvalue weighted by atomic mass is 32.1. The van der Waals surface area contributed by atoms with Crippen molar-refractivity contribution >= 4 is 29.0 Å². The van der Waals surface area contributed by atoms with Crippen molar-refractivity contribution in [3.63, 3.8) is 0 Å². The molecule has 0 spiro atoms. The number of nitrogens with zero attached hydrogens (tertiary/aromatic N) is 3. The number of furan rings is 1. The zero-order valence-electron chi connectivity index (χ0n) is 17.1. The van der Waals surface area contributed by atoms with Crippen LogP contribution in [0.25, 0.3) is 0 Å². The minimum absolute atomic E-state index is 0.0326. The number of benzene rings is 1. The van der Waals surface area contributed by atoms with Gasteiger partial charge in [-0.15, -0.1) is 5.10 Å². The fourth-order valence-electron chi connectivity index (χ4n) is 3.89. The van der Waals surface area contributed by atoms with Crippen LogP contribution in [0.15, 0.2) is 46.2 Å². The number of rotatable bonds is 6. The number of carbonyl (C=O) groups excluding carboxylic acids is 2. The number of carbonyl (C=O) groups is 2. The lowest BCUT2D eigenvalue weighted by Crippen LogP contribution is -2.47. The maximum Gasteiger partial charge on any atom is 0.280 e. The van der Waals surface area contributed by atoms with Crippen LogP contribution in [0.2, 0.25) is 0 Å². The average Bonchev–Trinajstić information content (AvgIpc) is 3.44. The summed E-state index contributed by atoms with van der Waals surface area (Å²) in [6.45, 7) is 1.76. The first-order valence-electron chi connectivity index (χ1n) is 10.3. The van der Waals surface area contributed by atoms with Gasteiger partial charge < -0.3 is 9.73 Å². The van der Waals surface area contributed by atoms with Crippen LogP contribution in [0.5, 0.6) is 0 Å². The van der Waals surface area contributed by atoms with Gasteiger partial charge in [-0.1, -0.05) is 29.8 Å². The van der Waals surface area contributed by atoms with Crippen LogP contribution in [0.3, 0.4) is 0 Å². The molecule has 31 heavy (non-hydrogen) atoms. The van der Waals surface area contributed by atoms with E-state index >= 15 is 0 Å². The van der Waals surface area contributed by atoms with Gasteiger partial charge in [-0.25, -0.2) is 4.39 Å². The second-order valence-corrected chi connectivity index (χ2v) is 8.25. The van der Waals surface area contributed by atoms with Crippen molar-refractivity contribution in [2.24, 2.45) is 0 Å². The van der Waals surface area contributed by atoms with E-state index in [-0.39, 0.29) is 23.3 Å². The number of aromatic nitrogens is 2. The molecule has 1 saturated carbocycles. The second-order valence-electron chi connectivity index (χ2n) is 7.64. The Hall–Kier alpha value is -3.07. The highest BCUT2D eigenvalue weighted by Crippen LogP contribution is 2.32. The number of hydrogen-bond donors (Lipinski definition) is 1. The van der Waals surface area contributed by atoms with Crippen molar-refractivity contribution in [1.29, 1.82) is 0 Å². The molecule has 3 aromatic rings. The molecule has 0 radical (unpaired) electrons. The maximum absolute atomic E-state index is 14.1. The highest BCUT2D eigenvalue weighted by Gasteiger charge is 2.37. The smallest absolute Gasteiger partial charge is 0.280 e. The van der Waals surface area contributed by atoms with E-state index in [1.54, 1.807) is 25.1 Å². The number of aryl methyl sites for hydroxylation is 1. The minimum Gasteiger partial charge on any atom is -0.464 e. The van der Waals surface area contributed by atoms with Gasteiger partial charge in [-0.2, -0.15) is 0 Å². The molecule has 7 nitrogen and oxygen atoms in total. The number of amides is 2. The fraction of sp³-hybridized carbons (Fsp3) is 0.364. The van der Waals surface area contributed by atoms with Gasteiger partial charge in [0.25, 0.3) is 11.8 Å². The molecule has 1 atom stereocenters. The number of halogens is 1. The van der Waals surface area contributed by atoms with Gasteiger partial charge >= 0.3 is 0 Å². The van der Waals surface area contributed by atoms with Gasteiger partial charge in [0.1, 0.15) is 17.3 Å². The summed E-state index contributed by atoms with van der Waals surface area (Å²) < 4.78 is 23.6. The Bertz CT molecular complexity index is 1050. The van der Waals surface area contributed by atoms with E-state index in [2.05, 4.69) is 14.9 Å². The zero-order valence-corrected chi connectivity index (χ0v) is 17.9. The molecule has 162 valence electrons. The predicted octanol–water partition coefficient (Wildman–Crippen LogP) is 4.42. The Morgan fingerprint density at radius 3 is 2.68 bits per heavy atom. The molecule has 0 saturated heterocycles. The Kier molecular flexibility index (Phi) is 6.41. The fourth-order valence-corrected chi connectivity index (χ4v) is 4.32. The van der Waals surface area contributed by atoms with Crippen LogP contribution >= 0.6 is 11.5 Å². The summed E-state index contributed by atoms with van der Waals surface area (Å²) in [7, 11) is 0. The lowest BCUT2D eigenvalue weighted by atomic mass is 9.95. The standard InChI is InChI=1S/C22H23FN4O3S/c1-14-10-11-19(30-14)20(21(28)24-16-7-3-2-4-8-16)27(17-9-5-6-15(23)12-17)22(29)18-13-31-26-25-18/h5-6,9-13,16,20H,2-4,7-8H2,1H3,(H,24,28)/t20-/m0/s1. The predicted molar refractivity (Wildman–Crippen MR) is 114 cm³/mol. The lowest BCUT2D eigenvalue weighted by molar-refractivity contribution is -0.123. The molecular weight excluding hydrogens is 419 g/mol. The van der Waals surface area contributed by atoms with Crippen molar-refractivity contribution < 1.29 is 18.4 Å². The molecule has 4 rings (SSSR count). The molecule has 1 aliphatic carbocycles. The van der Waals surface area contributed by atoms with Crippen LogP contribution in [0, 0.1) is 12.7 Å². The average molecular weight is 443 g/mol. The summed E-state index contributed by atoms with van der Waals surface area (Å²) in [6.07, 6.45) is 5.02. The molecule has 9 heteroatoms. The Balaban J connectivity index is 1.77. The summed E-state index contributed by atoms with van der Waals surface area (Å²) in [5.41, 5.74) is 0.309. The van der Waals surface area contributed by atoms with Gasteiger partial charge in [0, 0.05) is 17.1 Å². The van der Waals surface area contributed by atoms with E-state index in [4.69, 9.17) is 4.42 Å². The first-order chi connectivity index (χ1) is 15.0. The number of hydrogen-bond acceptors (Lipinski definition) is 6. The van der Waals surface area contributed by atoms with Crippen molar-refractivity contribution in [1.82, 2.24) is 14.9 Å². The molecule has 1 aliphatic rings. The Morgan fingerprint density at radius 1 is 1.23 bits per heavy atom. The summed E-state index contributed by atoms with van der Waals surface area (Å²) in [6, 6.07) is 7.88. The van der Waals surface area contributed by atoms with Gasteiger partial charge in [0.15, 0.2) is 11.7 Å². The van der Waals surface area contributed by atoms with Gasteiger partial charge in [0.2, 0.25) is 0 Å². The third-order valence-electron chi connectivity index (χ3n) is 5.37. The SMILES string of the molecule is Cc1ccc([C@@H](C(=O)NC2CCCCC2)N(C(=O)c2csnn2)c2cccc(F)c2)o1. The van der Waals surface area contributed by atoms with Gasteiger partial charge in [-0.05, 0) is 61.6 Å². The Morgan fingerprint density at radius 2 is 2.03 bits per heavy atom. The van der Waals surface area contributed by atoms with Crippen LogP contribution in [0.1, 0.15) is 60.2 Å². The van der Waals surface area contributed by atoms with E-state index in [0.717, 1.165) is 43.6 Å². The molecule has 2 aromatic heterocycles. The lowest BCUT2D eigenvalue weighted by Gasteiger charge is -2.31. The maximum atomic E-state index is 14.1. The van der Waals surface area contributed by atoms with Crippen LogP contribution in [-0.4, -0.2) is 27.4 Å². The third-order valence-corrected chi connectivity index (χ3v) is 5.88. The third kappa shape index (κ3) is 4.82. The summed E-state index contributed by atoms with van der Waals surface area (Å²) in [5.74, 6) is -0.549. The van der Waals surface area contributed by atoms with Crippen molar-refractivity contribution in [3.8, 4) is 0 Å². The van der Waals surface area contributed by atoms with E-state index in [1.165, 1.54) is 28.5 Å². The van der Waals surface area contributed by atoms with E-state index < -0.39 is 17.8 Å². The molecule has 1 fully saturated rings. The van der Waals surface area contributed by atoms with Crippen LogP contribution in [0.4, 0.5) is 10.1 Å². The van der Waals surface area contributed by atoms with Crippen molar-refractivity contribution in [2.75, 3.05) is 4.90 Å². The molecular formula is C22H23FN4O3S. The van der Waals surface area contributed by atoms with Gasteiger partial charge in [-0.3, -0.25) is 14.5 Å².